The maximum atomic E-state index is 12.8. The molecule has 1 aromatic carbocycles. The van der Waals surface area contributed by atoms with Gasteiger partial charge in [0.1, 0.15) is 11.5 Å². The topological polar surface area (TPSA) is 104 Å². The van der Waals surface area contributed by atoms with E-state index in [1.807, 2.05) is 0 Å². The van der Waals surface area contributed by atoms with E-state index in [1.165, 1.54) is 12.1 Å². The van der Waals surface area contributed by atoms with Crippen LogP contribution in [0.25, 0.3) is 5.70 Å². The first kappa shape index (κ1) is 19.9. The molecule has 0 fully saturated rings. The van der Waals surface area contributed by atoms with E-state index in [4.69, 9.17) is 5.73 Å². The van der Waals surface area contributed by atoms with Crippen molar-refractivity contribution in [2.24, 2.45) is 10.7 Å². The molecule has 1 aromatic heterocycles. The third-order valence-corrected chi connectivity index (χ3v) is 4.04. The molecule has 3 rings (SSSR count). The fraction of sp³-hybridized carbons (Fsp3) is 0.105. The van der Waals surface area contributed by atoms with Crippen LogP contribution in [0.2, 0.25) is 0 Å². The number of hydrogen-bond acceptors (Lipinski definition) is 6. The van der Waals surface area contributed by atoms with Crippen molar-refractivity contribution in [2.75, 3.05) is 12.4 Å². The highest BCUT2D eigenvalue weighted by molar-refractivity contribution is 6.06. The van der Waals surface area contributed by atoms with Gasteiger partial charge in [0, 0.05) is 31.2 Å². The molecule has 0 aliphatic carbocycles. The molecule has 0 unspecified atom stereocenters. The number of hydrogen-bond donors (Lipinski definition) is 4. The molecule has 0 radical (unpaired) electrons. The Kier molecular flexibility index (Phi) is 5.53. The molecule has 29 heavy (non-hydrogen) atoms. The van der Waals surface area contributed by atoms with Crippen LogP contribution in [0.3, 0.4) is 0 Å². The van der Waals surface area contributed by atoms with Crippen LogP contribution < -0.4 is 21.7 Å². The van der Waals surface area contributed by atoms with E-state index in [2.05, 4.69) is 25.9 Å². The number of benzene rings is 1. The van der Waals surface area contributed by atoms with Gasteiger partial charge in [0.05, 0.1) is 11.3 Å². The Morgan fingerprint density at radius 1 is 1.14 bits per heavy atom. The first-order chi connectivity index (χ1) is 13.8. The summed E-state index contributed by atoms with van der Waals surface area (Å²) < 4.78 is 38.3. The molecular weight excluding hydrogens is 385 g/mol. The molecule has 1 aliphatic rings. The van der Waals surface area contributed by atoms with Gasteiger partial charge < -0.3 is 21.7 Å². The SMILES string of the molecule is CNC1=NC=CN/C1=C(\N)c1ccc(C(=O)Nc2cc(C(F)(F)F)ccn2)cc1. The standard InChI is InChI=1S/C19H17F3N6O/c1-24-17-16(26-8-9-27-17)15(23)11-2-4-12(5-3-11)18(29)28-14-10-13(6-7-25-14)19(20,21)22/h2-10,26H,23H2,1H3,(H,24,27)(H,25,28,29)/b16-15-. The largest absolute Gasteiger partial charge is 0.416 e. The number of halogens is 3. The molecule has 0 saturated heterocycles. The average molecular weight is 402 g/mol. The Morgan fingerprint density at radius 2 is 1.83 bits per heavy atom. The number of amidine groups is 1. The van der Waals surface area contributed by atoms with Crippen LogP contribution in [0.4, 0.5) is 19.0 Å². The third kappa shape index (κ3) is 4.54. The molecule has 150 valence electrons. The van der Waals surface area contributed by atoms with Gasteiger partial charge in [-0.1, -0.05) is 12.1 Å². The zero-order chi connectivity index (χ0) is 21.0. The van der Waals surface area contributed by atoms with Crippen molar-refractivity contribution in [2.45, 2.75) is 6.18 Å². The minimum atomic E-state index is -4.52. The first-order valence-corrected chi connectivity index (χ1v) is 8.42. The zero-order valence-corrected chi connectivity index (χ0v) is 15.2. The molecule has 2 aromatic rings. The number of nitrogens with one attached hydrogen (secondary N) is 3. The van der Waals surface area contributed by atoms with Crippen LogP contribution in [0.5, 0.6) is 0 Å². The number of likely N-dealkylation sites (N-methyl/N-ethyl adjacent to an activating group) is 1. The highest BCUT2D eigenvalue weighted by atomic mass is 19.4. The second-order valence-electron chi connectivity index (χ2n) is 5.94. The number of amides is 1. The van der Waals surface area contributed by atoms with Crippen molar-refractivity contribution in [3.63, 3.8) is 0 Å². The van der Waals surface area contributed by atoms with Gasteiger partial charge >= 0.3 is 6.18 Å². The zero-order valence-electron chi connectivity index (χ0n) is 15.2. The average Bonchev–Trinajstić information content (AvgIpc) is 2.73. The van der Waals surface area contributed by atoms with Crippen molar-refractivity contribution < 1.29 is 18.0 Å². The van der Waals surface area contributed by atoms with Crippen LogP contribution in [0.15, 0.2) is 65.7 Å². The molecule has 0 spiro atoms. The Hall–Kier alpha value is -3.82. The summed E-state index contributed by atoms with van der Waals surface area (Å²) in [4.78, 5) is 20.2. The highest BCUT2D eigenvalue weighted by Gasteiger charge is 2.30. The normalized spacial score (nSPS) is 15.2. The smallest absolute Gasteiger partial charge is 0.396 e. The van der Waals surface area contributed by atoms with Crippen LogP contribution in [0, 0.1) is 0 Å². The molecule has 1 aliphatic heterocycles. The first-order valence-electron chi connectivity index (χ1n) is 8.42. The second kappa shape index (κ2) is 8.05. The summed E-state index contributed by atoms with van der Waals surface area (Å²) in [5, 5.41) is 8.29. The molecular formula is C19H17F3N6O. The van der Waals surface area contributed by atoms with E-state index in [-0.39, 0.29) is 11.4 Å². The Morgan fingerprint density at radius 3 is 2.48 bits per heavy atom. The molecule has 0 bridgehead atoms. The summed E-state index contributed by atoms with van der Waals surface area (Å²) in [5.41, 5.74) is 7.17. The lowest BCUT2D eigenvalue weighted by Crippen LogP contribution is -2.31. The maximum Gasteiger partial charge on any atom is 0.416 e. The summed E-state index contributed by atoms with van der Waals surface area (Å²) in [5.74, 6) is -0.225. The molecule has 10 heteroatoms. The Labute approximate surface area is 164 Å². The van der Waals surface area contributed by atoms with Gasteiger partial charge in [0.15, 0.2) is 5.84 Å². The van der Waals surface area contributed by atoms with Crippen molar-refractivity contribution in [3.8, 4) is 0 Å². The quantitative estimate of drug-likeness (QED) is 0.632. The van der Waals surface area contributed by atoms with E-state index in [9.17, 15) is 18.0 Å². The van der Waals surface area contributed by atoms with E-state index < -0.39 is 17.6 Å². The highest BCUT2D eigenvalue weighted by Crippen LogP contribution is 2.30. The van der Waals surface area contributed by atoms with Gasteiger partial charge in [-0.05, 0) is 29.8 Å². The van der Waals surface area contributed by atoms with Crippen molar-refractivity contribution in [3.05, 3.63) is 77.4 Å². The number of aliphatic imine (C=N–C) groups is 1. The number of nitrogens with two attached hydrogens (primary N) is 1. The number of aromatic nitrogens is 1. The minimum Gasteiger partial charge on any atom is -0.396 e. The van der Waals surface area contributed by atoms with Gasteiger partial charge in [0.2, 0.25) is 0 Å². The lowest BCUT2D eigenvalue weighted by Gasteiger charge is -2.16. The van der Waals surface area contributed by atoms with Crippen molar-refractivity contribution >= 4 is 23.3 Å². The molecule has 7 nitrogen and oxygen atoms in total. The lowest BCUT2D eigenvalue weighted by molar-refractivity contribution is -0.137. The minimum absolute atomic E-state index is 0.191. The summed E-state index contributed by atoms with van der Waals surface area (Å²) in [6.07, 6.45) is -0.321. The van der Waals surface area contributed by atoms with Gasteiger partial charge in [-0.2, -0.15) is 13.2 Å². The number of pyridine rings is 1. The van der Waals surface area contributed by atoms with E-state index in [0.29, 0.717) is 22.8 Å². The predicted octanol–water partition coefficient (Wildman–Crippen LogP) is 2.67. The number of anilines is 1. The molecule has 0 saturated carbocycles. The Bertz CT molecular complexity index is 1010. The molecule has 0 atom stereocenters. The summed E-state index contributed by atoms with van der Waals surface area (Å²) >= 11 is 0. The third-order valence-electron chi connectivity index (χ3n) is 4.04. The van der Waals surface area contributed by atoms with E-state index in [0.717, 1.165) is 18.3 Å². The summed E-state index contributed by atoms with van der Waals surface area (Å²) in [6, 6.07) is 7.89. The van der Waals surface area contributed by atoms with Gasteiger partial charge in [-0.25, -0.2) is 9.98 Å². The number of carbonyl (C=O) groups excluding carboxylic acids is 1. The van der Waals surface area contributed by atoms with E-state index in [1.54, 1.807) is 31.6 Å². The second-order valence-corrected chi connectivity index (χ2v) is 5.94. The van der Waals surface area contributed by atoms with Crippen LogP contribution >= 0.6 is 0 Å². The summed E-state index contributed by atoms with van der Waals surface area (Å²) in [7, 11) is 1.71. The van der Waals surface area contributed by atoms with Gasteiger partial charge in [-0.15, -0.1) is 0 Å². The number of rotatable bonds is 3. The van der Waals surface area contributed by atoms with Gasteiger partial charge in [-0.3, -0.25) is 4.79 Å². The maximum absolute atomic E-state index is 12.8. The van der Waals surface area contributed by atoms with Crippen LogP contribution in [-0.2, 0) is 6.18 Å². The molecule has 1 amide bonds. The summed E-state index contributed by atoms with van der Waals surface area (Å²) in [6.45, 7) is 0. The predicted molar refractivity (Wildman–Crippen MR) is 104 cm³/mol. The van der Waals surface area contributed by atoms with Gasteiger partial charge in [0.25, 0.3) is 5.91 Å². The number of nitrogens with zero attached hydrogens (tertiary/aromatic N) is 2. The lowest BCUT2D eigenvalue weighted by atomic mass is 10.1. The monoisotopic (exact) mass is 402 g/mol. The number of alkyl halides is 3. The fourth-order valence-corrected chi connectivity index (χ4v) is 2.57. The number of carbonyl (C=O) groups is 1. The Balaban J connectivity index is 1.78. The molecule has 5 N–H and O–H groups in total. The van der Waals surface area contributed by atoms with Crippen molar-refractivity contribution in [1.82, 2.24) is 15.6 Å². The van der Waals surface area contributed by atoms with Crippen LogP contribution in [-0.4, -0.2) is 23.8 Å². The van der Waals surface area contributed by atoms with Crippen molar-refractivity contribution in [1.29, 1.82) is 0 Å². The van der Waals surface area contributed by atoms with E-state index >= 15 is 0 Å². The fourth-order valence-electron chi connectivity index (χ4n) is 2.57. The van der Waals surface area contributed by atoms with Crippen LogP contribution in [0.1, 0.15) is 21.5 Å². The molecule has 2 heterocycles.